The largest absolute Gasteiger partial charge is 0.453 e. The van der Waals surface area contributed by atoms with Crippen molar-refractivity contribution in [3.8, 4) is 22.5 Å². The molecule has 5 heterocycles. The van der Waals surface area contributed by atoms with Crippen LogP contribution in [-0.4, -0.2) is 98.2 Å². The maximum atomic E-state index is 13.2. The Morgan fingerprint density at radius 2 is 1.39 bits per heavy atom. The molecule has 0 aliphatic carbocycles. The molecule has 5 aromatic rings. The highest BCUT2D eigenvalue weighted by Crippen LogP contribution is 2.37. The molecule has 14 nitrogen and oxygen atoms in total. The van der Waals surface area contributed by atoms with Crippen molar-refractivity contribution in [3.63, 3.8) is 0 Å². The fourth-order valence-corrected chi connectivity index (χ4v) is 7.60. The number of amides is 3. The second-order valence-corrected chi connectivity index (χ2v) is 13.5. The first-order chi connectivity index (χ1) is 24.7. The van der Waals surface area contributed by atoms with Crippen molar-refractivity contribution in [2.75, 3.05) is 33.9 Å². The molecule has 2 aromatic carbocycles. The van der Waals surface area contributed by atoms with Crippen molar-refractivity contribution in [1.29, 1.82) is 0 Å². The minimum Gasteiger partial charge on any atom is -0.453 e. The predicted octanol–water partition coefficient (Wildman–Crippen LogP) is 4.64. The van der Waals surface area contributed by atoms with Gasteiger partial charge in [-0.2, -0.15) is 0 Å². The summed E-state index contributed by atoms with van der Waals surface area (Å²) in [4.78, 5) is 57.7. The van der Waals surface area contributed by atoms with Gasteiger partial charge in [0.25, 0.3) is 0 Å². The third kappa shape index (κ3) is 6.45. The first-order valence-corrected chi connectivity index (χ1v) is 17.5. The van der Waals surface area contributed by atoms with Crippen molar-refractivity contribution in [2.45, 2.75) is 70.2 Å². The number of methoxy groups -OCH3 is 2. The number of imidazole rings is 2. The molecule has 268 valence electrons. The Bertz CT molecular complexity index is 2080. The molecule has 4 atom stereocenters. The summed E-state index contributed by atoms with van der Waals surface area (Å²) in [5.74, 6) is 1.26. The minimum absolute atomic E-state index is 0.0551. The summed E-state index contributed by atoms with van der Waals surface area (Å²) >= 11 is 0. The SMILES string of the molecule is COCCn1c2cc(-c3cnc([C@@H]4CCCN4C(=O)[C@H](C)N)[nH]3)ccc2c2ccc(-c3cnc([C@@H]4CCCN4C(=O)[C@H](C)NC(=O)OC)[nH]3)cc21. The zero-order valence-electron chi connectivity index (χ0n) is 29.4. The van der Waals surface area contributed by atoms with Crippen LogP contribution in [0.5, 0.6) is 0 Å². The van der Waals surface area contributed by atoms with E-state index in [1.165, 1.54) is 7.11 Å². The molecule has 2 saturated heterocycles. The zero-order valence-corrected chi connectivity index (χ0v) is 29.4. The van der Waals surface area contributed by atoms with Crippen LogP contribution >= 0.6 is 0 Å². The molecule has 2 aliphatic rings. The number of carbonyl (C=O) groups is 3. The first-order valence-electron chi connectivity index (χ1n) is 17.5. The normalized spacial score (nSPS) is 18.8. The fraction of sp³-hybridized carbons (Fsp3) is 0.432. The number of aromatic nitrogens is 5. The molecule has 3 aromatic heterocycles. The van der Waals surface area contributed by atoms with Crippen molar-refractivity contribution in [1.82, 2.24) is 39.6 Å². The van der Waals surface area contributed by atoms with Gasteiger partial charge in [0.15, 0.2) is 0 Å². The molecular formula is C37H45N9O5. The average Bonchev–Trinajstić information content (AvgIpc) is 3.98. The summed E-state index contributed by atoms with van der Waals surface area (Å²) in [7, 11) is 2.98. The molecule has 2 fully saturated rings. The van der Waals surface area contributed by atoms with Gasteiger partial charge in [-0.1, -0.05) is 24.3 Å². The third-order valence-corrected chi connectivity index (χ3v) is 10.2. The number of nitrogens with one attached hydrogen (secondary N) is 3. The lowest BCUT2D eigenvalue weighted by Gasteiger charge is -2.26. The van der Waals surface area contributed by atoms with Crippen molar-refractivity contribution < 1.29 is 23.9 Å². The fourth-order valence-electron chi connectivity index (χ4n) is 7.60. The third-order valence-electron chi connectivity index (χ3n) is 10.2. The van der Waals surface area contributed by atoms with Gasteiger partial charge in [0.05, 0.1) is 55.6 Å². The Kier molecular flexibility index (Phi) is 9.53. The number of likely N-dealkylation sites (tertiary alicyclic amines) is 2. The van der Waals surface area contributed by atoms with E-state index in [-0.39, 0.29) is 23.9 Å². The lowest BCUT2D eigenvalue weighted by molar-refractivity contribution is -0.134. The van der Waals surface area contributed by atoms with Crippen LogP contribution in [0.15, 0.2) is 48.8 Å². The number of nitrogens with two attached hydrogens (primary N) is 1. The number of hydrogen-bond donors (Lipinski definition) is 4. The number of carbonyl (C=O) groups excluding carboxylic acids is 3. The lowest BCUT2D eigenvalue weighted by atomic mass is 10.1. The highest BCUT2D eigenvalue weighted by atomic mass is 16.5. The number of benzene rings is 2. The Morgan fingerprint density at radius 1 is 0.863 bits per heavy atom. The van der Waals surface area contributed by atoms with Gasteiger partial charge in [-0.05, 0) is 51.7 Å². The van der Waals surface area contributed by atoms with E-state index < -0.39 is 18.2 Å². The number of alkyl carbamates (subject to hydrolysis) is 1. The number of H-pyrrole nitrogens is 2. The van der Waals surface area contributed by atoms with Gasteiger partial charge in [-0.3, -0.25) is 9.59 Å². The van der Waals surface area contributed by atoms with Gasteiger partial charge in [-0.25, -0.2) is 14.8 Å². The number of nitrogens with zero attached hydrogens (tertiary/aromatic N) is 5. The zero-order chi connectivity index (χ0) is 35.8. The molecule has 0 unspecified atom stereocenters. The van der Waals surface area contributed by atoms with Gasteiger partial charge in [0.2, 0.25) is 11.8 Å². The van der Waals surface area contributed by atoms with Gasteiger partial charge >= 0.3 is 6.09 Å². The first kappa shape index (κ1) is 34.2. The van der Waals surface area contributed by atoms with E-state index in [4.69, 9.17) is 20.4 Å². The van der Waals surface area contributed by atoms with Crippen molar-refractivity contribution in [3.05, 3.63) is 60.4 Å². The monoisotopic (exact) mass is 695 g/mol. The summed E-state index contributed by atoms with van der Waals surface area (Å²) in [6.07, 6.45) is 6.40. The summed E-state index contributed by atoms with van der Waals surface area (Å²) in [6, 6.07) is 11.2. The molecule has 0 saturated carbocycles. The Morgan fingerprint density at radius 3 is 1.88 bits per heavy atom. The molecule has 14 heteroatoms. The molecule has 5 N–H and O–H groups in total. The van der Waals surface area contributed by atoms with Crippen LogP contribution in [0.1, 0.15) is 63.3 Å². The smallest absolute Gasteiger partial charge is 0.407 e. The van der Waals surface area contributed by atoms with Gasteiger partial charge < -0.3 is 44.9 Å². The van der Waals surface area contributed by atoms with Crippen molar-refractivity contribution in [2.24, 2.45) is 5.73 Å². The van der Waals surface area contributed by atoms with Crippen LogP contribution in [0.3, 0.4) is 0 Å². The number of hydrogen-bond acceptors (Lipinski definition) is 8. The van der Waals surface area contributed by atoms with Crippen LogP contribution in [-0.2, 0) is 25.6 Å². The van der Waals surface area contributed by atoms with Crippen LogP contribution in [0.2, 0.25) is 0 Å². The molecule has 0 bridgehead atoms. The molecule has 51 heavy (non-hydrogen) atoms. The predicted molar refractivity (Wildman–Crippen MR) is 193 cm³/mol. The van der Waals surface area contributed by atoms with Gasteiger partial charge in [0.1, 0.15) is 17.7 Å². The summed E-state index contributed by atoms with van der Waals surface area (Å²) in [5.41, 5.74) is 11.8. The molecule has 2 aliphatic heterocycles. The standard InChI is InChI=1S/C37H45N9O5/c1-21(38)35(47)45-13-5-7-29(45)33-39-19-27(42-33)23-9-11-25-26-12-10-24(18-32(26)44(15-16-50-3)31(25)17-23)28-20-40-34(43-28)30-8-6-14-46(30)36(48)22(2)41-37(49)51-4/h9-12,17-22,29-30H,5-8,13-16,38H2,1-4H3,(H,39,42)(H,40,43)(H,41,49)/t21-,22-,29-,30-/m0/s1. The van der Waals surface area contributed by atoms with E-state index in [0.717, 1.165) is 75.8 Å². The van der Waals surface area contributed by atoms with Gasteiger partial charge in [0, 0.05) is 59.7 Å². The van der Waals surface area contributed by atoms with Crippen molar-refractivity contribution >= 4 is 39.7 Å². The van der Waals surface area contributed by atoms with E-state index in [9.17, 15) is 14.4 Å². The molecule has 7 rings (SSSR count). The van der Waals surface area contributed by atoms with E-state index in [1.54, 1.807) is 25.9 Å². The number of rotatable bonds is 10. The molecule has 0 radical (unpaired) electrons. The van der Waals surface area contributed by atoms with E-state index in [1.807, 2.05) is 17.3 Å². The van der Waals surface area contributed by atoms with Crippen LogP contribution in [0, 0.1) is 0 Å². The van der Waals surface area contributed by atoms with Gasteiger partial charge in [-0.15, -0.1) is 0 Å². The maximum Gasteiger partial charge on any atom is 0.407 e. The highest BCUT2D eigenvalue weighted by Gasteiger charge is 2.35. The number of fused-ring (bicyclic) bond motifs is 3. The maximum absolute atomic E-state index is 13.2. The molecule has 3 amide bonds. The van der Waals surface area contributed by atoms with E-state index in [0.29, 0.717) is 32.1 Å². The lowest BCUT2D eigenvalue weighted by Crippen LogP contribution is -2.46. The minimum atomic E-state index is -0.715. The number of aromatic amines is 2. The summed E-state index contributed by atoms with van der Waals surface area (Å²) < 4.78 is 12.5. The Balaban J connectivity index is 1.18. The van der Waals surface area contributed by atoms with E-state index in [2.05, 4.69) is 61.0 Å². The topological polar surface area (TPSA) is 176 Å². The summed E-state index contributed by atoms with van der Waals surface area (Å²) in [5, 5.41) is 4.82. The Labute approximate surface area is 295 Å². The van der Waals surface area contributed by atoms with Crippen LogP contribution in [0.25, 0.3) is 44.3 Å². The quantitative estimate of drug-likeness (QED) is 0.163. The summed E-state index contributed by atoms with van der Waals surface area (Å²) in [6.45, 7) is 5.85. The molecule has 0 spiro atoms. The molecular weight excluding hydrogens is 650 g/mol. The second kappa shape index (κ2) is 14.2. The van der Waals surface area contributed by atoms with Crippen LogP contribution < -0.4 is 11.1 Å². The highest BCUT2D eigenvalue weighted by molar-refractivity contribution is 6.10. The average molecular weight is 696 g/mol. The van der Waals surface area contributed by atoms with Crippen LogP contribution in [0.4, 0.5) is 4.79 Å². The van der Waals surface area contributed by atoms with E-state index >= 15 is 0 Å². The second-order valence-electron chi connectivity index (χ2n) is 13.5. The Hall–Kier alpha value is -5.21. The number of ether oxygens (including phenoxy) is 2.